The molecule has 0 radical (unpaired) electrons. The molecule has 122 valence electrons. The highest BCUT2D eigenvalue weighted by Crippen LogP contribution is 2.26. The van der Waals surface area contributed by atoms with E-state index in [9.17, 15) is 9.59 Å². The summed E-state index contributed by atoms with van der Waals surface area (Å²) >= 11 is 5.95. The van der Waals surface area contributed by atoms with Crippen molar-refractivity contribution in [2.45, 2.75) is 6.92 Å². The maximum atomic E-state index is 12.5. The Hall–Kier alpha value is -2.79. The fraction of sp³-hybridized carbons (Fsp3) is 0.111. The van der Waals surface area contributed by atoms with Crippen molar-refractivity contribution in [1.82, 2.24) is 9.55 Å². The number of carbonyl (C=O) groups is 1. The van der Waals surface area contributed by atoms with Gasteiger partial charge in [0, 0.05) is 10.6 Å². The molecule has 0 bridgehead atoms. The molecule has 3 rings (SSSR count). The molecule has 0 saturated carbocycles. The Bertz CT molecular complexity index is 912. The van der Waals surface area contributed by atoms with E-state index >= 15 is 0 Å². The normalized spacial score (nSPS) is 10.6. The number of aromatic amines is 1. The van der Waals surface area contributed by atoms with Gasteiger partial charge in [-0.1, -0.05) is 41.9 Å². The summed E-state index contributed by atoms with van der Waals surface area (Å²) in [5.41, 5.74) is 1.49. The Balaban J connectivity index is 2.27. The molecule has 0 spiro atoms. The molecular formula is C18H15ClN2O3. The Morgan fingerprint density at radius 3 is 2.42 bits per heavy atom. The standard InChI is InChI=1S/C18H15ClN2O3/c1-2-24-17(22)15-16(12-8-10-13(19)11-9-12)21(18(23)20-15)14-6-4-3-5-7-14/h3-11H,2H2,1H3,(H,20,23). The van der Waals surface area contributed by atoms with E-state index in [4.69, 9.17) is 16.3 Å². The average Bonchev–Trinajstić information content (AvgIpc) is 2.94. The number of para-hydroxylation sites is 1. The maximum absolute atomic E-state index is 12.5. The first-order chi connectivity index (χ1) is 11.6. The van der Waals surface area contributed by atoms with E-state index in [1.807, 2.05) is 18.2 Å². The third-order valence-electron chi connectivity index (χ3n) is 3.51. The van der Waals surface area contributed by atoms with Gasteiger partial charge in [-0.05, 0) is 31.2 Å². The van der Waals surface area contributed by atoms with Gasteiger partial charge < -0.3 is 4.74 Å². The Morgan fingerprint density at radius 1 is 1.12 bits per heavy atom. The van der Waals surface area contributed by atoms with Gasteiger partial charge in [-0.3, -0.25) is 9.55 Å². The third-order valence-corrected chi connectivity index (χ3v) is 3.76. The van der Waals surface area contributed by atoms with Crippen LogP contribution in [-0.2, 0) is 4.74 Å². The minimum atomic E-state index is -0.575. The highest BCUT2D eigenvalue weighted by Gasteiger charge is 2.23. The smallest absolute Gasteiger partial charge is 0.357 e. The number of H-pyrrole nitrogens is 1. The number of rotatable bonds is 4. The first-order valence-electron chi connectivity index (χ1n) is 7.45. The zero-order chi connectivity index (χ0) is 17.1. The van der Waals surface area contributed by atoms with Gasteiger partial charge in [0.2, 0.25) is 0 Å². The van der Waals surface area contributed by atoms with Crippen molar-refractivity contribution in [1.29, 1.82) is 0 Å². The van der Waals surface area contributed by atoms with Crippen LogP contribution in [0.15, 0.2) is 59.4 Å². The Kier molecular flexibility index (Phi) is 4.53. The molecule has 0 unspecified atom stereocenters. The van der Waals surface area contributed by atoms with Crippen LogP contribution in [-0.4, -0.2) is 22.1 Å². The molecule has 0 aliphatic heterocycles. The molecule has 1 aromatic heterocycles. The Labute approximate surface area is 143 Å². The molecule has 24 heavy (non-hydrogen) atoms. The van der Waals surface area contributed by atoms with Crippen LogP contribution in [0.25, 0.3) is 16.9 Å². The van der Waals surface area contributed by atoms with Crippen LogP contribution < -0.4 is 5.69 Å². The van der Waals surface area contributed by atoms with E-state index in [-0.39, 0.29) is 12.3 Å². The van der Waals surface area contributed by atoms with E-state index in [0.29, 0.717) is 22.0 Å². The first-order valence-corrected chi connectivity index (χ1v) is 7.83. The number of aromatic nitrogens is 2. The minimum absolute atomic E-state index is 0.119. The van der Waals surface area contributed by atoms with Crippen molar-refractivity contribution >= 4 is 17.6 Å². The van der Waals surface area contributed by atoms with Crippen molar-refractivity contribution in [3.63, 3.8) is 0 Å². The number of benzene rings is 2. The summed E-state index contributed by atoms with van der Waals surface area (Å²) in [5, 5.41) is 0.570. The molecule has 0 aliphatic rings. The van der Waals surface area contributed by atoms with Crippen LogP contribution in [0, 0.1) is 0 Å². The molecule has 2 aromatic carbocycles. The number of ether oxygens (including phenoxy) is 1. The van der Waals surface area contributed by atoms with Gasteiger partial charge in [-0.2, -0.15) is 0 Å². The maximum Gasteiger partial charge on any atom is 0.357 e. The predicted octanol–water partition coefficient (Wildman–Crippen LogP) is 3.66. The highest BCUT2D eigenvalue weighted by molar-refractivity contribution is 6.30. The zero-order valence-corrected chi connectivity index (χ0v) is 13.7. The molecule has 0 atom stereocenters. The molecule has 0 saturated heterocycles. The number of hydrogen-bond acceptors (Lipinski definition) is 3. The molecule has 1 N–H and O–H groups in total. The molecule has 5 nitrogen and oxygen atoms in total. The van der Waals surface area contributed by atoms with Gasteiger partial charge in [0.15, 0.2) is 5.69 Å². The lowest BCUT2D eigenvalue weighted by atomic mass is 10.1. The molecule has 0 amide bonds. The number of halogens is 1. The minimum Gasteiger partial charge on any atom is -0.461 e. The Morgan fingerprint density at radius 2 is 1.79 bits per heavy atom. The topological polar surface area (TPSA) is 64.1 Å². The number of nitrogens with one attached hydrogen (secondary N) is 1. The predicted molar refractivity (Wildman–Crippen MR) is 92.8 cm³/mol. The summed E-state index contributed by atoms with van der Waals surface area (Å²) in [7, 11) is 0. The van der Waals surface area contributed by atoms with Crippen LogP contribution in [0.1, 0.15) is 17.4 Å². The van der Waals surface area contributed by atoms with Crippen molar-refractivity contribution in [3.05, 3.63) is 75.8 Å². The average molecular weight is 343 g/mol. The number of esters is 1. The monoisotopic (exact) mass is 342 g/mol. The van der Waals surface area contributed by atoms with Crippen LogP contribution in [0.3, 0.4) is 0 Å². The van der Waals surface area contributed by atoms with E-state index in [1.165, 1.54) is 4.57 Å². The second-order valence-electron chi connectivity index (χ2n) is 5.05. The van der Waals surface area contributed by atoms with Crippen molar-refractivity contribution in [2.24, 2.45) is 0 Å². The van der Waals surface area contributed by atoms with Gasteiger partial charge >= 0.3 is 11.7 Å². The molecule has 0 fully saturated rings. The first kappa shape index (κ1) is 16.1. The molecule has 6 heteroatoms. The lowest BCUT2D eigenvalue weighted by Gasteiger charge is -2.10. The van der Waals surface area contributed by atoms with Crippen molar-refractivity contribution in [2.75, 3.05) is 6.61 Å². The van der Waals surface area contributed by atoms with Gasteiger partial charge in [0.1, 0.15) is 0 Å². The second kappa shape index (κ2) is 6.76. The second-order valence-corrected chi connectivity index (χ2v) is 5.49. The molecule has 3 aromatic rings. The van der Waals surface area contributed by atoms with Crippen molar-refractivity contribution < 1.29 is 9.53 Å². The van der Waals surface area contributed by atoms with E-state index in [0.717, 1.165) is 0 Å². The summed E-state index contributed by atoms with van der Waals surface area (Å²) in [6.07, 6.45) is 0. The number of nitrogens with zero attached hydrogens (tertiary/aromatic N) is 1. The SMILES string of the molecule is CCOC(=O)c1[nH]c(=O)n(-c2ccccc2)c1-c1ccc(Cl)cc1. The lowest BCUT2D eigenvalue weighted by molar-refractivity contribution is 0.0521. The summed E-state index contributed by atoms with van der Waals surface area (Å²) in [4.78, 5) is 27.4. The number of carbonyl (C=O) groups excluding carboxylic acids is 1. The third kappa shape index (κ3) is 2.98. The van der Waals surface area contributed by atoms with Crippen LogP contribution in [0.2, 0.25) is 5.02 Å². The molecule has 1 heterocycles. The van der Waals surface area contributed by atoms with Crippen LogP contribution in [0.4, 0.5) is 0 Å². The lowest BCUT2D eigenvalue weighted by Crippen LogP contribution is -2.15. The van der Waals surface area contributed by atoms with Gasteiger partial charge in [-0.25, -0.2) is 9.59 Å². The van der Waals surface area contributed by atoms with E-state index in [2.05, 4.69) is 4.98 Å². The molecular weight excluding hydrogens is 328 g/mol. The largest absolute Gasteiger partial charge is 0.461 e. The van der Waals surface area contributed by atoms with Crippen LogP contribution >= 0.6 is 11.6 Å². The van der Waals surface area contributed by atoms with Gasteiger partial charge in [-0.15, -0.1) is 0 Å². The number of imidazole rings is 1. The summed E-state index contributed by atoms with van der Waals surface area (Å²) in [5.74, 6) is -0.575. The van der Waals surface area contributed by atoms with E-state index < -0.39 is 11.7 Å². The summed E-state index contributed by atoms with van der Waals surface area (Å²) in [6.45, 7) is 1.93. The number of hydrogen-bond donors (Lipinski definition) is 1. The van der Waals surface area contributed by atoms with Crippen molar-refractivity contribution in [3.8, 4) is 16.9 Å². The van der Waals surface area contributed by atoms with Crippen LogP contribution in [0.5, 0.6) is 0 Å². The fourth-order valence-corrected chi connectivity index (χ4v) is 2.62. The van der Waals surface area contributed by atoms with Gasteiger partial charge in [0.05, 0.1) is 18.0 Å². The summed E-state index contributed by atoms with van der Waals surface area (Å²) < 4.78 is 6.52. The quantitative estimate of drug-likeness (QED) is 0.736. The zero-order valence-electron chi connectivity index (χ0n) is 13.0. The fourth-order valence-electron chi connectivity index (χ4n) is 2.49. The van der Waals surface area contributed by atoms with E-state index in [1.54, 1.807) is 43.3 Å². The highest BCUT2D eigenvalue weighted by atomic mass is 35.5. The van der Waals surface area contributed by atoms with Gasteiger partial charge in [0.25, 0.3) is 0 Å². The summed E-state index contributed by atoms with van der Waals surface area (Å²) in [6, 6.07) is 16.0. The molecule has 0 aliphatic carbocycles.